The first-order valence-corrected chi connectivity index (χ1v) is 9.45. The predicted octanol–water partition coefficient (Wildman–Crippen LogP) is 6.16. The lowest BCUT2D eigenvalue weighted by Crippen LogP contribution is -2.09. The molecule has 1 aromatic heterocycles. The number of hydrogen-bond acceptors (Lipinski definition) is 4. The number of hydrogen-bond donors (Lipinski definition) is 0. The summed E-state index contributed by atoms with van der Waals surface area (Å²) in [5.74, 6) is 0.766. The molecule has 0 radical (unpaired) electrons. The van der Waals surface area contributed by atoms with Crippen LogP contribution in [0.4, 0.5) is 0 Å². The Kier molecular flexibility index (Phi) is 5.87. The van der Waals surface area contributed by atoms with Crippen LogP contribution in [-0.2, 0) is 6.42 Å². The first kappa shape index (κ1) is 18.8. The van der Waals surface area contributed by atoms with Crippen molar-refractivity contribution in [2.45, 2.75) is 6.42 Å². The van der Waals surface area contributed by atoms with Gasteiger partial charge in [-0.2, -0.15) is 0 Å². The molecule has 0 amide bonds. The minimum Gasteiger partial charge on any atom is -0.496 e. The van der Waals surface area contributed by atoms with E-state index in [1.54, 1.807) is 42.7 Å². The number of rotatable bonds is 6. The molecule has 0 bridgehead atoms. The van der Waals surface area contributed by atoms with Crippen LogP contribution in [-0.4, -0.2) is 20.0 Å². The number of ether oxygens (including phenoxy) is 2. The van der Waals surface area contributed by atoms with Gasteiger partial charge >= 0.3 is 0 Å². The highest BCUT2D eigenvalue weighted by Gasteiger charge is 2.24. The van der Waals surface area contributed by atoms with E-state index in [9.17, 15) is 4.79 Å². The fourth-order valence-corrected chi connectivity index (χ4v) is 4.07. The van der Waals surface area contributed by atoms with Crippen LogP contribution >= 0.6 is 34.5 Å². The SMILES string of the molecule is COc1ccc(-c2cccs2)c(OC)c1C(=O)Cc1c(Cl)cccc1Cl. The zero-order chi connectivity index (χ0) is 18.7. The van der Waals surface area contributed by atoms with Gasteiger partial charge in [0.05, 0.1) is 14.2 Å². The average molecular weight is 407 g/mol. The van der Waals surface area contributed by atoms with Crippen molar-refractivity contribution in [3.63, 3.8) is 0 Å². The van der Waals surface area contributed by atoms with Crippen LogP contribution in [0.25, 0.3) is 10.4 Å². The van der Waals surface area contributed by atoms with Gasteiger partial charge in [-0.1, -0.05) is 35.3 Å². The fraction of sp³-hybridized carbons (Fsp3) is 0.150. The molecule has 3 aromatic rings. The van der Waals surface area contributed by atoms with Crippen LogP contribution in [0.1, 0.15) is 15.9 Å². The molecule has 0 aliphatic rings. The maximum absolute atomic E-state index is 13.1. The zero-order valence-corrected chi connectivity index (χ0v) is 16.5. The fourth-order valence-electron chi connectivity index (χ4n) is 2.79. The number of Topliss-reactive ketones (excluding diaryl/α,β-unsaturated/α-hetero) is 1. The summed E-state index contributed by atoms with van der Waals surface area (Å²) in [5.41, 5.74) is 1.82. The first-order valence-electron chi connectivity index (χ1n) is 7.81. The van der Waals surface area contributed by atoms with E-state index in [0.29, 0.717) is 32.7 Å². The van der Waals surface area contributed by atoms with E-state index in [4.69, 9.17) is 32.7 Å². The van der Waals surface area contributed by atoms with Gasteiger partial charge in [0.25, 0.3) is 0 Å². The van der Waals surface area contributed by atoms with E-state index in [0.717, 1.165) is 10.4 Å². The summed E-state index contributed by atoms with van der Waals surface area (Å²) in [6.45, 7) is 0. The minimum atomic E-state index is -0.174. The van der Waals surface area contributed by atoms with Crippen LogP contribution in [0, 0.1) is 0 Å². The van der Waals surface area contributed by atoms with Gasteiger partial charge in [-0.05, 0) is 41.3 Å². The molecule has 0 unspecified atom stereocenters. The highest BCUT2D eigenvalue weighted by Crippen LogP contribution is 2.41. The number of carbonyl (C=O) groups is 1. The van der Waals surface area contributed by atoms with Crippen LogP contribution in [0.3, 0.4) is 0 Å². The van der Waals surface area contributed by atoms with Gasteiger partial charge < -0.3 is 9.47 Å². The molecule has 0 N–H and O–H groups in total. The third-order valence-electron chi connectivity index (χ3n) is 4.01. The smallest absolute Gasteiger partial charge is 0.174 e. The number of benzene rings is 2. The Hall–Kier alpha value is -2.01. The quantitative estimate of drug-likeness (QED) is 0.459. The molecule has 1 heterocycles. The van der Waals surface area contributed by atoms with Crippen LogP contribution in [0.2, 0.25) is 10.0 Å². The number of thiophene rings is 1. The number of halogens is 2. The van der Waals surface area contributed by atoms with Crippen molar-refractivity contribution in [2.24, 2.45) is 0 Å². The van der Waals surface area contributed by atoms with Gasteiger partial charge in [-0.15, -0.1) is 11.3 Å². The monoisotopic (exact) mass is 406 g/mol. The Bertz CT molecular complexity index is 916. The second kappa shape index (κ2) is 8.12. The van der Waals surface area contributed by atoms with Gasteiger partial charge in [0.2, 0.25) is 0 Å². The number of ketones is 1. The van der Waals surface area contributed by atoms with Gasteiger partial charge in [-0.3, -0.25) is 4.79 Å². The van der Waals surface area contributed by atoms with E-state index >= 15 is 0 Å². The average Bonchev–Trinajstić information content (AvgIpc) is 3.17. The van der Waals surface area contributed by atoms with Gasteiger partial charge in [0, 0.05) is 26.9 Å². The summed E-state index contributed by atoms with van der Waals surface area (Å²) in [4.78, 5) is 14.1. The summed E-state index contributed by atoms with van der Waals surface area (Å²) in [6.07, 6.45) is 0.0547. The molecule has 0 aliphatic heterocycles. The van der Waals surface area contributed by atoms with E-state index < -0.39 is 0 Å². The first-order chi connectivity index (χ1) is 12.6. The van der Waals surface area contributed by atoms with Crippen molar-refractivity contribution in [1.29, 1.82) is 0 Å². The molecule has 0 atom stereocenters. The molecule has 2 aromatic carbocycles. The van der Waals surface area contributed by atoms with E-state index in [1.165, 1.54) is 7.11 Å². The van der Waals surface area contributed by atoms with Gasteiger partial charge in [0.15, 0.2) is 5.78 Å². The second-order valence-electron chi connectivity index (χ2n) is 5.50. The summed E-state index contributed by atoms with van der Waals surface area (Å²) in [5, 5.41) is 2.89. The lowest BCUT2D eigenvalue weighted by molar-refractivity contribution is 0.0987. The molecule has 0 saturated carbocycles. The normalized spacial score (nSPS) is 10.6. The van der Waals surface area contributed by atoms with Crippen molar-refractivity contribution >= 4 is 40.3 Å². The molecule has 6 heteroatoms. The molecule has 134 valence electrons. The Morgan fingerprint density at radius 3 is 2.31 bits per heavy atom. The van der Waals surface area contributed by atoms with E-state index in [2.05, 4.69) is 0 Å². The van der Waals surface area contributed by atoms with Crippen molar-refractivity contribution in [2.75, 3.05) is 14.2 Å². The predicted molar refractivity (Wildman–Crippen MR) is 107 cm³/mol. The second-order valence-corrected chi connectivity index (χ2v) is 7.26. The summed E-state index contributed by atoms with van der Waals surface area (Å²) >= 11 is 14.0. The van der Waals surface area contributed by atoms with Crippen LogP contribution < -0.4 is 9.47 Å². The minimum absolute atomic E-state index is 0.0547. The number of methoxy groups -OCH3 is 2. The van der Waals surface area contributed by atoms with Crippen molar-refractivity contribution in [3.8, 4) is 21.9 Å². The maximum atomic E-state index is 13.1. The van der Waals surface area contributed by atoms with Crippen molar-refractivity contribution in [1.82, 2.24) is 0 Å². The summed E-state index contributed by atoms with van der Waals surface area (Å²) in [6, 6.07) is 12.8. The number of carbonyl (C=O) groups excluding carboxylic acids is 1. The topological polar surface area (TPSA) is 35.5 Å². The van der Waals surface area contributed by atoms with Crippen molar-refractivity contribution in [3.05, 3.63) is 69.0 Å². The van der Waals surface area contributed by atoms with Crippen molar-refractivity contribution < 1.29 is 14.3 Å². The summed E-state index contributed by atoms with van der Waals surface area (Å²) < 4.78 is 11.0. The molecule has 3 rings (SSSR count). The highest BCUT2D eigenvalue weighted by atomic mass is 35.5. The van der Waals surface area contributed by atoms with Crippen LogP contribution in [0.5, 0.6) is 11.5 Å². The molecular formula is C20H16Cl2O3S. The highest BCUT2D eigenvalue weighted by molar-refractivity contribution is 7.13. The third-order valence-corrected chi connectivity index (χ3v) is 5.62. The molecule has 0 saturated heterocycles. The van der Waals surface area contributed by atoms with Gasteiger partial charge in [-0.25, -0.2) is 0 Å². The van der Waals surface area contributed by atoms with Crippen LogP contribution in [0.15, 0.2) is 47.8 Å². The van der Waals surface area contributed by atoms with Gasteiger partial charge in [0.1, 0.15) is 17.1 Å². The molecule has 3 nitrogen and oxygen atoms in total. The largest absolute Gasteiger partial charge is 0.496 e. The maximum Gasteiger partial charge on any atom is 0.174 e. The van der Waals surface area contributed by atoms with E-state index in [-0.39, 0.29) is 12.2 Å². The Labute approximate surface area is 166 Å². The molecule has 0 fully saturated rings. The molecule has 0 aliphatic carbocycles. The lowest BCUT2D eigenvalue weighted by Gasteiger charge is -2.16. The van der Waals surface area contributed by atoms with E-state index in [1.807, 2.05) is 23.6 Å². The third kappa shape index (κ3) is 3.58. The Morgan fingerprint density at radius 2 is 1.73 bits per heavy atom. The zero-order valence-electron chi connectivity index (χ0n) is 14.2. The molecule has 0 spiro atoms. The molecule has 26 heavy (non-hydrogen) atoms. The molecular weight excluding hydrogens is 391 g/mol. The Morgan fingerprint density at radius 1 is 1.00 bits per heavy atom. The summed E-state index contributed by atoms with van der Waals surface area (Å²) in [7, 11) is 3.07. The Balaban J connectivity index is 2.10. The lowest BCUT2D eigenvalue weighted by atomic mass is 9.98. The standard InChI is InChI=1S/C20H16Cl2O3S/c1-24-17-9-8-12(18-7-4-10-26-18)20(25-2)19(17)16(23)11-13-14(21)5-3-6-15(13)22/h3-10H,11H2,1-2H3.